The summed E-state index contributed by atoms with van der Waals surface area (Å²) < 4.78 is 5.50. The molecule has 1 atom stereocenters. The van der Waals surface area contributed by atoms with Crippen molar-refractivity contribution in [3.8, 4) is 5.75 Å². The second kappa shape index (κ2) is 15.4. The first kappa shape index (κ1) is 31.8. The number of ketones is 1. The summed E-state index contributed by atoms with van der Waals surface area (Å²) in [4.78, 5) is 51.3. The Balaban J connectivity index is 1.42. The molecule has 4 rings (SSSR count). The molecule has 4 aromatic carbocycles. The zero-order valence-electron chi connectivity index (χ0n) is 24.6. The van der Waals surface area contributed by atoms with Crippen LogP contribution in [0.25, 0.3) is 6.08 Å². The summed E-state index contributed by atoms with van der Waals surface area (Å²) in [6, 6.07) is 29.7. The van der Waals surface area contributed by atoms with Gasteiger partial charge in [0.15, 0.2) is 5.78 Å². The first-order valence-electron chi connectivity index (χ1n) is 14.0. The molecule has 0 bridgehead atoms. The average molecular weight is 608 g/mol. The lowest BCUT2D eigenvalue weighted by Gasteiger charge is -2.14. The molecule has 0 fully saturated rings. The van der Waals surface area contributed by atoms with Crippen LogP contribution in [0.4, 0.5) is 11.4 Å². The standard InChI is InChI=1S/C35H33N3O5S/c1-4-43-30-18-10-25(11-19-30)22-32(38-34(41)27-8-6-5-7-9-27)35(42)37-29-16-20-31(21-17-29)44-24(3)33(40)36-28-14-12-26(13-15-28)23(2)39/h5-22,24H,4H2,1-3H3,(H,36,40)(H,37,42)(H,38,41)/b32-22-. The molecule has 0 saturated carbocycles. The normalized spacial score (nSPS) is 11.7. The van der Waals surface area contributed by atoms with E-state index in [1.165, 1.54) is 18.7 Å². The number of amides is 3. The van der Waals surface area contributed by atoms with Crippen molar-refractivity contribution in [3.63, 3.8) is 0 Å². The Morgan fingerprint density at radius 1 is 0.773 bits per heavy atom. The molecule has 44 heavy (non-hydrogen) atoms. The highest BCUT2D eigenvalue weighted by molar-refractivity contribution is 8.00. The number of thioether (sulfide) groups is 1. The van der Waals surface area contributed by atoms with Crippen LogP contribution in [0, 0.1) is 0 Å². The fourth-order valence-electron chi connectivity index (χ4n) is 4.04. The topological polar surface area (TPSA) is 114 Å². The van der Waals surface area contributed by atoms with Crippen molar-refractivity contribution in [2.75, 3.05) is 17.2 Å². The van der Waals surface area contributed by atoms with Crippen molar-refractivity contribution in [1.82, 2.24) is 5.32 Å². The summed E-state index contributed by atoms with van der Waals surface area (Å²) in [5.74, 6) is -0.416. The maximum absolute atomic E-state index is 13.3. The third-order valence-corrected chi connectivity index (χ3v) is 7.50. The Kier molecular flexibility index (Phi) is 11.1. The second-order valence-electron chi connectivity index (χ2n) is 9.74. The minimum Gasteiger partial charge on any atom is -0.494 e. The van der Waals surface area contributed by atoms with E-state index in [-0.39, 0.29) is 17.4 Å². The summed E-state index contributed by atoms with van der Waals surface area (Å²) in [6.07, 6.45) is 1.60. The molecule has 0 heterocycles. The number of Topliss-reactive ketones (excluding diaryl/α,β-unsaturated/α-hetero) is 1. The van der Waals surface area contributed by atoms with Gasteiger partial charge >= 0.3 is 0 Å². The SMILES string of the molecule is CCOc1ccc(/C=C(\NC(=O)c2ccccc2)C(=O)Nc2ccc(SC(C)C(=O)Nc3ccc(C(C)=O)cc3)cc2)cc1. The highest BCUT2D eigenvalue weighted by Gasteiger charge is 2.17. The van der Waals surface area contributed by atoms with E-state index in [0.717, 1.165) is 4.90 Å². The summed E-state index contributed by atoms with van der Waals surface area (Å²) >= 11 is 1.37. The van der Waals surface area contributed by atoms with E-state index in [4.69, 9.17) is 4.74 Å². The highest BCUT2D eigenvalue weighted by atomic mass is 32.2. The van der Waals surface area contributed by atoms with Crippen LogP contribution in [0.3, 0.4) is 0 Å². The van der Waals surface area contributed by atoms with Gasteiger partial charge in [0.25, 0.3) is 11.8 Å². The minimum absolute atomic E-state index is 0.0387. The Morgan fingerprint density at radius 3 is 2.00 bits per heavy atom. The van der Waals surface area contributed by atoms with Crippen LogP contribution in [-0.4, -0.2) is 35.4 Å². The lowest BCUT2D eigenvalue weighted by atomic mass is 10.1. The predicted molar refractivity (Wildman–Crippen MR) is 175 cm³/mol. The molecule has 3 N–H and O–H groups in total. The number of ether oxygens (including phenoxy) is 1. The fraction of sp³-hybridized carbons (Fsp3) is 0.143. The lowest BCUT2D eigenvalue weighted by Crippen LogP contribution is -2.30. The van der Waals surface area contributed by atoms with Crippen molar-refractivity contribution >= 4 is 52.7 Å². The van der Waals surface area contributed by atoms with Crippen LogP contribution in [0.1, 0.15) is 47.1 Å². The number of carbonyl (C=O) groups is 4. The van der Waals surface area contributed by atoms with E-state index in [1.807, 2.05) is 25.1 Å². The van der Waals surface area contributed by atoms with E-state index in [0.29, 0.717) is 40.4 Å². The largest absolute Gasteiger partial charge is 0.494 e. The van der Waals surface area contributed by atoms with Crippen molar-refractivity contribution < 1.29 is 23.9 Å². The summed E-state index contributed by atoms with van der Waals surface area (Å²) in [5.41, 5.74) is 2.91. The van der Waals surface area contributed by atoms with E-state index in [9.17, 15) is 19.2 Å². The van der Waals surface area contributed by atoms with Crippen LogP contribution in [0.5, 0.6) is 5.75 Å². The Morgan fingerprint density at radius 2 is 1.39 bits per heavy atom. The van der Waals surface area contributed by atoms with Crippen LogP contribution in [0.2, 0.25) is 0 Å². The molecule has 9 heteroatoms. The quantitative estimate of drug-likeness (QED) is 0.0926. The Hall–Kier alpha value is -5.15. The molecule has 4 aromatic rings. The third-order valence-electron chi connectivity index (χ3n) is 6.38. The lowest BCUT2D eigenvalue weighted by molar-refractivity contribution is -0.115. The molecule has 224 valence electrons. The van der Waals surface area contributed by atoms with Crippen molar-refractivity contribution in [1.29, 1.82) is 0 Å². The van der Waals surface area contributed by atoms with Gasteiger partial charge in [-0.1, -0.05) is 30.3 Å². The number of hydrogen-bond acceptors (Lipinski definition) is 6. The monoisotopic (exact) mass is 607 g/mol. The van der Waals surface area contributed by atoms with Crippen LogP contribution in [0.15, 0.2) is 114 Å². The van der Waals surface area contributed by atoms with Gasteiger partial charge in [0, 0.05) is 27.4 Å². The van der Waals surface area contributed by atoms with Gasteiger partial charge in [0.2, 0.25) is 5.91 Å². The molecule has 0 radical (unpaired) electrons. The fourth-order valence-corrected chi connectivity index (χ4v) is 4.91. The van der Waals surface area contributed by atoms with Gasteiger partial charge < -0.3 is 20.7 Å². The van der Waals surface area contributed by atoms with Crippen LogP contribution in [-0.2, 0) is 9.59 Å². The summed E-state index contributed by atoms with van der Waals surface area (Å²) in [5, 5.41) is 8.03. The van der Waals surface area contributed by atoms with Crippen molar-refractivity contribution in [3.05, 3.63) is 126 Å². The van der Waals surface area contributed by atoms with Crippen LogP contribution < -0.4 is 20.7 Å². The highest BCUT2D eigenvalue weighted by Crippen LogP contribution is 2.26. The molecule has 0 aliphatic heterocycles. The van der Waals surface area contributed by atoms with Gasteiger partial charge in [0.05, 0.1) is 11.9 Å². The van der Waals surface area contributed by atoms with Crippen molar-refractivity contribution in [2.45, 2.75) is 30.9 Å². The Labute approximate surface area is 260 Å². The number of hydrogen-bond donors (Lipinski definition) is 3. The van der Waals surface area contributed by atoms with E-state index < -0.39 is 17.1 Å². The van der Waals surface area contributed by atoms with Crippen LogP contribution >= 0.6 is 11.8 Å². The molecular weight excluding hydrogens is 574 g/mol. The third kappa shape index (κ3) is 9.17. The summed E-state index contributed by atoms with van der Waals surface area (Å²) in [7, 11) is 0. The molecule has 0 spiro atoms. The molecule has 0 aliphatic carbocycles. The molecule has 0 saturated heterocycles. The van der Waals surface area contributed by atoms with Gasteiger partial charge in [-0.05, 0) is 105 Å². The van der Waals surface area contributed by atoms with E-state index in [1.54, 1.807) is 97.9 Å². The van der Waals surface area contributed by atoms with Gasteiger partial charge in [0.1, 0.15) is 11.4 Å². The predicted octanol–water partition coefficient (Wildman–Crippen LogP) is 6.82. The first-order chi connectivity index (χ1) is 21.2. The molecule has 1 unspecified atom stereocenters. The number of anilines is 2. The Bertz CT molecular complexity index is 1640. The number of nitrogens with one attached hydrogen (secondary N) is 3. The molecule has 8 nitrogen and oxygen atoms in total. The van der Waals surface area contributed by atoms with E-state index in [2.05, 4.69) is 16.0 Å². The van der Waals surface area contributed by atoms with Crippen molar-refractivity contribution in [2.24, 2.45) is 0 Å². The van der Waals surface area contributed by atoms with Gasteiger partial charge in [-0.2, -0.15) is 0 Å². The molecular formula is C35H33N3O5S. The smallest absolute Gasteiger partial charge is 0.272 e. The maximum atomic E-state index is 13.3. The molecule has 0 aliphatic rings. The minimum atomic E-state index is -0.493. The van der Waals surface area contributed by atoms with Gasteiger partial charge in [-0.15, -0.1) is 11.8 Å². The van der Waals surface area contributed by atoms with E-state index >= 15 is 0 Å². The second-order valence-corrected chi connectivity index (χ2v) is 11.2. The summed E-state index contributed by atoms with van der Waals surface area (Å²) in [6.45, 7) is 5.73. The molecule has 3 amide bonds. The first-order valence-corrected chi connectivity index (χ1v) is 14.9. The zero-order chi connectivity index (χ0) is 31.5. The average Bonchev–Trinajstić information content (AvgIpc) is 3.03. The number of benzene rings is 4. The van der Waals surface area contributed by atoms with Gasteiger partial charge in [-0.25, -0.2) is 0 Å². The maximum Gasteiger partial charge on any atom is 0.272 e. The number of carbonyl (C=O) groups excluding carboxylic acids is 4. The zero-order valence-corrected chi connectivity index (χ0v) is 25.4. The molecule has 0 aromatic heterocycles. The number of rotatable bonds is 12. The van der Waals surface area contributed by atoms with Gasteiger partial charge in [-0.3, -0.25) is 19.2 Å².